The normalized spacial score (nSPS) is 37.1. The lowest BCUT2D eigenvalue weighted by Crippen LogP contribution is -2.63. The van der Waals surface area contributed by atoms with E-state index >= 15 is 0 Å². The lowest BCUT2D eigenvalue weighted by molar-refractivity contribution is -0.217. The smallest absolute Gasteiger partial charge is 0.330 e. The lowest BCUT2D eigenvalue weighted by atomic mass is 9.43. The van der Waals surface area contributed by atoms with Gasteiger partial charge in [0.05, 0.1) is 12.7 Å². The molecule has 0 unspecified atom stereocenters. The first kappa shape index (κ1) is 42.2. The van der Waals surface area contributed by atoms with Gasteiger partial charge in [0.1, 0.15) is 30.7 Å². The van der Waals surface area contributed by atoms with E-state index in [2.05, 4.69) is 32.9 Å². The van der Waals surface area contributed by atoms with E-state index in [1.54, 1.807) is 6.92 Å². The van der Waals surface area contributed by atoms with Gasteiger partial charge < -0.3 is 28.8 Å². The molecule has 0 radical (unpaired) electrons. The van der Waals surface area contributed by atoms with Gasteiger partial charge in [-0.1, -0.05) is 39.3 Å². The van der Waals surface area contributed by atoms with Crippen molar-refractivity contribution in [2.75, 3.05) is 13.2 Å². The number of aliphatic hydroxyl groups is 1. The summed E-state index contributed by atoms with van der Waals surface area (Å²) in [7, 11) is 0. The van der Waals surface area contributed by atoms with Gasteiger partial charge in [-0.3, -0.25) is 14.4 Å². The third-order valence-electron chi connectivity index (χ3n) is 15.4. The molecular formula is C46H66O10. The monoisotopic (exact) mass is 778 g/mol. The quantitative estimate of drug-likeness (QED) is 0.0763. The van der Waals surface area contributed by atoms with Crippen LogP contribution in [-0.4, -0.2) is 67.6 Å². The first-order chi connectivity index (χ1) is 26.9. The molecule has 0 amide bonds. The first-order valence-corrected chi connectivity index (χ1v) is 21.5. The summed E-state index contributed by atoms with van der Waals surface area (Å²) in [6.45, 7) is 12.4. The summed E-state index contributed by atoms with van der Waals surface area (Å²) < 4.78 is 29.1. The summed E-state index contributed by atoms with van der Waals surface area (Å²) in [5, 5.41) is 10.6. The lowest BCUT2D eigenvalue weighted by Gasteiger charge is -2.64. The van der Waals surface area contributed by atoms with Gasteiger partial charge in [0.25, 0.3) is 12.9 Å². The molecule has 310 valence electrons. The number of rotatable bonds is 16. The molecule has 0 spiro atoms. The van der Waals surface area contributed by atoms with Gasteiger partial charge in [0.15, 0.2) is 0 Å². The molecule has 1 aromatic carbocycles. The number of carbonyl (C=O) groups excluding carboxylic acids is 4. The van der Waals surface area contributed by atoms with E-state index in [0.29, 0.717) is 39.0 Å². The van der Waals surface area contributed by atoms with E-state index in [1.165, 1.54) is 11.6 Å². The third kappa shape index (κ3) is 9.00. The summed E-state index contributed by atoms with van der Waals surface area (Å²) in [6, 6.07) is 8.04. The standard InChI is InChI=1S/C46H66O10/c1-6-52-43(51)21-29(2)26-53-35-14-12-31(13-15-35)22-32-9-7-8-10-39(32)56-42(50)18-11-30(3)36-16-17-37-44-38(25-41(55-28-48)46(36,37)5)45(4)20-19-34(49)23-33(45)24-40(44)54-27-47/h12-15,21,27-28,30,32-34,36-41,44,49H,6-11,16-20,22-26H2,1-5H3/b29-21+/t30-,32+,33+,34-,36-,37+,38+,39-,40-,41+,44+,45+,46-/m1/s1. The van der Waals surface area contributed by atoms with Crippen molar-refractivity contribution in [3.05, 3.63) is 41.5 Å². The number of fused-ring (bicyclic) bond motifs is 5. The molecular weight excluding hydrogens is 712 g/mol. The van der Waals surface area contributed by atoms with Gasteiger partial charge in [-0.2, -0.15) is 0 Å². The molecule has 5 aliphatic carbocycles. The zero-order valence-corrected chi connectivity index (χ0v) is 34.3. The van der Waals surface area contributed by atoms with E-state index in [9.17, 15) is 24.3 Å². The highest BCUT2D eigenvalue weighted by Crippen LogP contribution is 2.69. The number of benzene rings is 1. The number of esters is 2. The van der Waals surface area contributed by atoms with E-state index in [0.717, 1.165) is 88.4 Å². The van der Waals surface area contributed by atoms with E-state index in [1.807, 2.05) is 19.1 Å². The number of hydrogen-bond donors (Lipinski definition) is 1. The van der Waals surface area contributed by atoms with Crippen LogP contribution in [-0.2, 0) is 44.5 Å². The molecule has 10 nitrogen and oxygen atoms in total. The number of aliphatic hydroxyl groups excluding tert-OH is 1. The Labute approximate surface area is 333 Å². The first-order valence-electron chi connectivity index (χ1n) is 21.5. The summed E-state index contributed by atoms with van der Waals surface area (Å²) in [6.07, 6.45) is 12.4. The molecule has 10 heteroatoms. The van der Waals surface area contributed by atoms with Crippen LogP contribution in [0.1, 0.15) is 124 Å². The van der Waals surface area contributed by atoms with Gasteiger partial charge >= 0.3 is 11.9 Å². The van der Waals surface area contributed by atoms with Crippen molar-refractivity contribution in [2.24, 2.45) is 52.3 Å². The molecule has 5 aliphatic rings. The molecule has 6 rings (SSSR count). The van der Waals surface area contributed by atoms with Crippen LogP contribution in [0.2, 0.25) is 0 Å². The van der Waals surface area contributed by atoms with Crippen LogP contribution in [0, 0.1) is 52.3 Å². The second kappa shape index (κ2) is 18.5. The Bertz CT molecular complexity index is 1540. The maximum Gasteiger partial charge on any atom is 0.330 e. The molecule has 0 saturated heterocycles. The summed E-state index contributed by atoms with van der Waals surface area (Å²) in [4.78, 5) is 49.1. The average Bonchev–Trinajstić information content (AvgIpc) is 3.53. The van der Waals surface area contributed by atoms with Crippen molar-refractivity contribution in [3.8, 4) is 5.75 Å². The highest BCUT2D eigenvalue weighted by atomic mass is 16.5. The van der Waals surface area contributed by atoms with Crippen molar-refractivity contribution >= 4 is 24.9 Å². The van der Waals surface area contributed by atoms with E-state index < -0.39 is 0 Å². The number of carbonyl (C=O) groups is 4. The van der Waals surface area contributed by atoms with Gasteiger partial charge in [-0.05, 0) is 155 Å². The predicted molar refractivity (Wildman–Crippen MR) is 210 cm³/mol. The molecule has 5 fully saturated rings. The Morgan fingerprint density at radius 2 is 1.68 bits per heavy atom. The Morgan fingerprint density at radius 3 is 2.41 bits per heavy atom. The summed E-state index contributed by atoms with van der Waals surface area (Å²) in [5.41, 5.74) is 1.64. The number of ether oxygens (including phenoxy) is 5. The fraction of sp³-hybridized carbons (Fsp3) is 0.739. The molecule has 0 bridgehead atoms. The van der Waals surface area contributed by atoms with Crippen LogP contribution >= 0.6 is 0 Å². The van der Waals surface area contributed by atoms with Crippen LogP contribution in [0.3, 0.4) is 0 Å². The molecule has 1 N–H and O–H groups in total. The SMILES string of the molecule is CCOC(=O)/C=C(\C)COc1ccc(C[C@@H]2CCCC[C@H]2OC(=O)CC[C@@H](C)[C@H]2CC[C@H]3[C@@H]4[C@H](OC=O)C[C@@H]5C[C@H](O)CC[C@]5(C)[C@H]4C[C@H](OC=O)[C@]23C)cc1. The Morgan fingerprint density at radius 1 is 0.929 bits per heavy atom. The van der Waals surface area contributed by atoms with Crippen LogP contribution in [0.5, 0.6) is 5.75 Å². The highest BCUT2D eigenvalue weighted by molar-refractivity contribution is 5.82. The minimum atomic E-state index is -0.365. The van der Waals surface area contributed by atoms with Gasteiger partial charge in [-0.15, -0.1) is 0 Å². The van der Waals surface area contributed by atoms with Crippen molar-refractivity contribution in [1.82, 2.24) is 0 Å². The van der Waals surface area contributed by atoms with Crippen molar-refractivity contribution in [2.45, 2.75) is 149 Å². The van der Waals surface area contributed by atoms with Gasteiger partial charge in [0, 0.05) is 23.8 Å². The fourth-order valence-corrected chi connectivity index (χ4v) is 12.5. The predicted octanol–water partition coefficient (Wildman–Crippen LogP) is 7.96. The summed E-state index contributed by atoms with van der Waals surface area (Å²) in [5.74, 6) is 1.82. The Balaban J connectivity index is 1.06. The third-order valence-corrected chi connectivity index (χ3v) is 15.4. The van der Waals surface area contributed by atoms with Crippen LogP contribution in [0.25, 0.3) is 0 Å². The van der Waals surface area contributed by atoms with Gasteiger partial charge in [-0.25, -0.2) is 4.79 Å². The molecule has 5 saturated carbocycles. The second-order valence-corrected chi connectivity index (χ2v) is 18.4. The molecule has 13 atom stereocenters. The molecule has 0 aromatic heterocycles. The fourth-order valence-electron chi connectivity index (χ4n) is 12.5. The van der Waals surface area contributed by atoms with Crippen LogP contribution in [0.15, 0.2) is 35.9 Å². The number of hydrogen-bond acceptors (Lipinski definition) is 10. The van der Waals surface area contributed by atoms with E-state index in [-0.39, 0.29) is 88.6 Å². The van der Waals surface area contributed by atoms with Crippen LogP contribution < -0.4 is 4.74 Å². The van der Waals surface area contributed by atoms with Crippen molar-refractivity contribution in [1.29, 1.82) is 0 Å². The maximum absolute atomic E-state index is 13.5. The molecule has 1 aromatic rings. The molecule has 56 heavy (non-hydrogen) atoms. The molecule has 0 aliphatic heterocycles. The van der Waals surface area contributed by atoms with Gasteiger partial charge in [0.2, 0.25) is 0 Å². The van der Waals surface area contributed by atoms with Crippen molar-refractivity contribution in [3.63, 3.8) is 0 Å². The Hall–Kier alpha value is -3.40. The van der Waals surface area contributed by atoms with Crippen LogP contribution in [0.4, 0.5) is 0 Å². The maximum atomic E-state index is 13.5. The zero-order chi connectivity index (χ0) is 40.0. The van der Waals surface area contributed by atoms with E-state index in [4.69, 9.17) is 23.7 Å². The van der Waals surface area contributed by atoms with Crippen molar-refractivity contribution < 1.29 is 48.0 Å². The second-order valence-electron chi connectivity index (χ2n) is 18.4. The summed E-state index contributed by atoms with van der Waals surface area (Å²) >= 11 is 0. The highest BCUT2D eigenvalue weighted by Gasteiger charge is 2.67. The zero-order valence-electron chi connectivity index (χ0n) is 34.3. The average molecular weight is 779 g/mol. The topological polar surface area (TPSA) is 135 Å². The largest absolute Gasteiger partial charge is 0.489 e. The molecule has 0 heterocycles. The minimum Gasteiger partial charge on any atom is -0.489 e. The Kier molecular flexibility index (Phi) is 13.9. The minimum absolute atomic E-state index is 0.00878.